The van der Waals surface area contributed by atoms with Crippen molar-refractivity contribution in [3.63, 3.8) is 0 Å². The van der Waals surface area contributed by atoms with Crippen LogP contribution in [0.15, 0.2) is 24.3 Å². The van der Waals surface area contributed by atoms with E-state index in [0.717, 1.165) is 44.5 Å². The van der Waals surface area contributed by atoms with E-state index in [1.54, 1.807) is 11.0 Å². The minimum absolute atomic E-state index is 0. The van der Waals surface area contributed by atoms with Crippen LogP contribution >= 0.6 is 12.4 Å². The van der Waals surface area contributed by atoms with Crippen molar-refractivity contribution in [1.82, 2.24) is 15.5 Å². The zero-order valence-corrected chi connectivity index (χ0v) is 21.7. The van der Waals surface area contributed by atoms with Gasteiger partial charge in [-0.15, -0.1) is 12.4 Å². The van der Waals surface area contributed by atoms with E-state index in [0.29, 0.717) is 43.8 Å². The number of nitrogens with zero attached hydrogens (tertiary/aromatic N) is 1. The average Bonchev–Trinajstić information content (AvgIpc) is 2.86. The molecule has 7 nitrogen and oxygen atoms in total. The van der Waals surface area contributed by atoms with Gasteiger partial charge in [0.15, 0.2) is 0 Å². The summed E-state index contributed by atoms with van der Waals surface area (Å²) in [5.41, 5.74) is -0.330. The first-order valence-corrected chi connectivity index (χ1v) is 12.8. The molecule has 2 atom stereocenters. The first-order chi connectivity index (χ1) is 17.1. The standard InChI is InChI=1S/C26H36F3N3O4.ClH/c27-26(28,29)21-5-1-3-19(15-21)6-8-22(16-24(34)35)31-25(36)20-4-2-14-32(17-20)23(33)9-7-18-10-12-30-13-11-18;/h1,3,5,15,18,20,22,30H,2,4,6-14,16-17H2,(H,31,36)(H,34,35);1H/t20-,22-;/m1./s1. The Balaban J connectivity index is 0.00000481. The number of piperidine rings is 2. The van der Waals surface area contributed by atoms with Gasteiger partial charge in [0, 0.05) is 25.6 Å². The van der Waals surface area contributed by atoms with Crippen LogP contribution in [-0.4, -0.2) is 60.0 Å². The van der Waals surface area contributed by atoms with E-state index in [9.17, 15) is 32.7 Å². The van der Waals surface area contributed by atoms with Crippen molar-refractivity contribution in [3.05, 3.63) is 35.4 Å². The van der Waals surface area contributed by atoms with Crippen molar-refractivity contribution in [3.8, 4) is 0 Å². The molecule has 1 aromatic rings. The maximum atomic E-state index is 13.0. The van der Waals surface area contributed by atoms with E-state index in [2.05, 4.69) is 10.6 Å². The lowest BCUT2D eigenvalue weighted by molar-refractivity contribution is -0.139. The fraction of sp³-hybridized carbons (Fsp3) is 0.654. The molecule has 3 rings (SSSR count). The van der Waals surface area contributed by atoms with E-state index >= 15 is 0 Å². The van der Waals surface area contributed by atoms with Crippen LogP contribution in [0.1, 0.15) is 62.5 Å². The van der Waals surface area contributed by atoms with Gasteiger partial charge in [-0.25, -0.2) is 0 Å². The number of alkyl halides is 3. The zero-order valence-electron chi connectivity index (χ0n) is 20.9. The molecule has 0 spiro atoms. The SMILES string of the molecule is Cl.O=C(O)C[C@@H](CCc1cccc(C(F)(F)F)c1)NC(=O)[C@@H]1CCCN(C(=O)CCC2CCNCC2)C1. The molecule has 0 saturated carbocycles. The van der Waals surface area contributed by atoms with Crippen LogP contribution < -0.4 is 10.6 Å². The second-order valence-corrected chi connectivity index (χ2v) is 9.95. The summed E-state index contributed by atoms with van der Waals surface area (Å²) in [6.07, 6.45) is 0.398. The summed E-state index contributed by atoms with van der Waals surface area (Å²) in [5.74, 6) is -1.22. The Morgan fingerprint density at radius 2 is 1.89 bits per heavy atom. The highest BCUT2D eigenvalue weighted by molar-refractivity contribution is 5.85. The molecule has 2 saturated heterocycles. The van der Waals surface area contributed by atoms with Gasteiger partial charge in [0.2, 0.25) is 11.8 Å². The van der Waals surface area contributed by atoms with Crippen LogP contribution in [-0.2, 0) is 27.0 Å². The van der Waals surface area contributed by atoms with E-state index in [4.69, 9.17) is 0 Å². The van der Waals surface area contributed by atoms with Crippen LogP contribution in [0.3, 0.4) is 0 Å². The summed E-state index contributed by atoms with van der Waals surface area (Å²) in [7, 11) is 0. The molecule has 208 valence electrons. The van der Waals surface area contributed by atoms with Gasteiger partial charge in [-0.1, -0.05) is 18.2 Å². The number of aryl methyl sites for hydroxylation is 1. The summed E-state index contributed by atoms with van der Waals surface area (Å²) >= 11 is 0. The fourth-order valence-corrected chi connectivity index (χ4v) is 5.07. The Morgan fingerprint density at radius 3 is 2.57 bits per heavy atom. The quantitative estimate of drug-likeness (QED) is 0.411. The topological polar surface area (TPSA) is 98.7 Å². The van der Waals surface area contributed by atoms with E-state index in [1.165, 1.54) is 6.07 Å². The minimum Gasteiger partial charge on any atom is -0.481 e. The second-order valence-electron chi connectivity index (χ2n) is 9.95. The van der Waals surface area contributed by atoms with Gasteiger partial charge in [-0.05, 0) is 75.6 Å². The lowest BCUT2D eigenvalue weighted by Gasteiger charge is -2.33. The lowest BCUT2D eigenvalue weighted by Crippen LogP contribution is -2.48. The van der Waals surface area contributed by atoms with E-state index < -0.39 is 29.7 Å². The molecule has 2 aliphatic heterocycles. The van der Waals surface area contributed by atoms with E-state index in [-0.39, 0.29) is 43.5 Å². The first kappa shape index (κ1) is 30.9. The molecule has 0 bridgehead atoms. The molecule has 2 aliphatic rings. The number of rotatable bonds is 10. The number of benzene rings is 1. The number of nitrogens with one attached hydrogen (secondary N) is 2. The Bertz CT molecular complexity index is 909. The molecule has 2 fully saturated rings. The van der Waals surface area contributed by atoms with Crippen molar-refractivity contribution in [1.29, 1.82) is 0 Å². The smallest absolute Gasteiger partial charge is 0.416 e. The molecular weight excluding hydrogens is 511 g/mol. The number of aliphatic carboxylic acids is 1. The number of halogens is 4. The second kappa shape index (κ2) is 14.6. The largest absolute Gasteiger partial charge is 0.481 e. The van der Waals surface area contributed by atoms with Crippen LogP contribution in [0.4, 0.5) is 13.2 Å². The number of carboxylic acid groups (broad SMARTS) is 1. The minimum atomic E-state index is -4.46. The van der Waals surface area contributed by atoms with Crippen LogP contribution in [0, 0.1) is 11.8 Å². The Hall–Kier alpha value is -2.33. The molecule has 0 unspecified atom stereocenters. The number of carbonyl (C=O) groups is 3. The van der Waals surface area contributed by atoms with Gasteiger partial charge >= 0.3 is 12.1 Å². The van der Waals surface area contributed by atoms with Gasteiger partial charge in [0.05, 0.1) is 17.9 Å². The number of amides is 2. The summed E-state index contributed by atoms with van der Waals surface area (Å²) in [6.45, 7) is 2.89. The lowest BCUT2D eigenvalue weighted by atomic mass is 9.92. The molecule has 37 heavy (non-hydrogen) atoms. The van der Waals surface area contributed by atoms with Crippen LogP contribution in [0.25, 0.3) is 0 Å². The molecule has 1 aromatic carbocycles. The third-order valence-electron chi connectivity index (χ3n) is 7.17. The monoisotopic (exact) mass is 547 g/mol. The molecule has 0 aliphatic carbocycles. The number of likely N-dealkylation sites (tertiary alicyclic amines) is 1. The van der Waals surface area contributed by atoms with Crippen molar-refractivity contribution >= 4 is 30.2 Å². The molecule has 11 heteroatoms. The molecule has 2 amide bonds. The maximum absolute atomic E-state index is 13.0. The average molecular weight is 548 g/mol. The Kier molecular flexibility index (Phi) is 12.2. The van der Waals surface area contributed by atoms with Crippen LogP contribution in [0.2, 0.25) is 0 Å². The molecule has 2 heterocycles. The fourth-order valence-electron chi connectivity index (χ4n) is 5.07. The molecule has 3 N–H and O–H groups in total. The predicted molar refractivity (Wildman–Crippen MR) is 135 cm³/mol. The third-order valence-corrected chi connectivity index (χ3v) is 7.17. The van der Waals surface area contributed by atoms with Gasteiger partial charge < -0.3 is 20.6 Å². The summed E-state index contributed by atoms with van der Waals surface area (Å²) in [5, 5.41) is 15.4. The van der Waals surface area contributed by atoms with Crippen molar-refractivity contribution in [2.45, 2.75) is 70.0 Å². The highest BCUT2D eigenvalue weighted by Gasteiger charge is 2.31. The number of carbonyl (C=O) groups excluding carboxylic acids is 2. The van der Waals surface area contributed by atoms with Gasteiger partial charge in [-0.2, -0.15) is 13.2 Å². The predicted octanol–water partition coefficient (Wildman–Crippen LogP) is 4.04. The normalized spacial score (nSPS) is 19.5. The highest BCUT2D eigenvalue weighted by Crippen LogP contribution is 2.30. The number of hydrogen-bond donors (Lipinski definition) is 3. The van der Waals surface area contributed by atoms with Crippen LogP contribution in [0.5, 0.6) is 0 Å². The summed E-state index contributed by atoms with van der Waals surface area (Å²) in [4.78, 5) is 38.8. The zero-order chi connectivity index (χ0) is 26.1. The van der Waals surface area contributed by atoms with Crippen molar-refractivity contribution in [2.75, 3.05) is 26.2 Å². The first-order valence-electron chi connectivity index (χ1n) is 12.8. The van der Waals surface area contributed by atoms with Gasteiger partial charge in [0.25, 0.3) is 0 Å². The highest BCUT2D eigenvalue weighted by atomic mass is 35.5. The summed E-state index contributed by atoms with van der Waals surface area (Å²) in [6, 6.07) is 4.21. The molecular formula is C26H37ClF3N3O4. The number of hydrogen-bond acceptors (Lipinski definition) is 4. The third kappa shape index (κ3) is 10.2. The maximum Gasteiger partial charge on any atom is 0.416 e. The summed E-state index contributed by atoms with van der Waals surface area (Å²) < 4.78 is 38.9. The Labute approximate surface area is 222 Å². The van der Waals surface area contributed by atoms with Gasteiger partial charge in [0.1, 0.15) is 0 Å². The van der Waals surface area contributed by atoms with E-state index in [1.807, 2.05) is 0 Å². The van der Waals surface area contributed by atoms with Crippen molar-refractivity contribution in [2.24, 2.45) is 11.8 Å². The molecule has 0 aromatic heterocycles. The van der Waals surface area contributed by atoms with Gasteiger partial charge in [-0.3, -0.25) is 14.4 Å². The number of carboxylic acids is 1. The van der Waals surface area contributed by atoms with Crippen molar-refractivity contribution < 1.29 is 32.7 Å². The molecule has 0 radical (unpaired) electrons. The Morgan fingerprint density at radius 1 is 1.16 bits per heavy atom.